The lowest BCUT2D eigenvalue weighted by Crippen LogP contribution is -2.22. The van der Waals surface area contributed by atoms with Crippen molar-refractivity contribution in [3.8, 4) is 0 Å². The van der Waals surface area contributed by atoms with Gasteiger partial charge in [0, 0.05) is 11.9 Å². The maximum atomic E-state index is 10.7. The van der Waals surface area contributed by atoms with Gasteiger partial charge in [-0.3, -0.25) is 9.78 Å². The Labute approximate surface area is 76.4 Å². The quantitative estimate of drug-likeness (QED) is 0.702. The number of carboxylic acids is 1. The van der Waals surface area contributed by atoms with Crippen LogP contribution in [0.15, 0.2) is 18.3 Å². The third-order valence-electron chi connectivity index (χ3n) is 2.53. The van der Waals surface area contributed by atoms with E-state index in [-0.39, 0.29) is 5.92 Å². The normalized spacial score (nSPS) is 20.8. The maximum absolute atomic E-state index is 10.7. The number of carboxylic acid groups (broad SMARTS) is 1. The first-order valence-electron chi connectivity index (χ1n) is 4.43. The van der Waals surface area contributed by atoms with E-state index in [9.17, 15) is 4.79 Å². The van der Waals surface area contributed by atoms with Crippen LogP contribution in [0, 0.1) is 5.92 Å². The summed E-state index contributed by atoms with van der Waals surface area (Å²) in [5.74, 6) is -0.897. The van der Waals surface area contributed by atoms with E-state index < -0.39 is 5.97 Å². The molecular formula is C10H11NO2. The Morgan fingerprint density at radius 2 is 2.46 bits per heavy atom. The lowest BCUT2D eigenvalue weighted by molar-refractivity contribution is -0.142. The zero-order valence-electron chi connectivity index (χ0n) is 7.23. The van der Waals surface area contributed by atoms with E-state index in [1.165, 1.54) is 0 Å². The fraction of sp³-hybridized carbons (Fsp3) is 0.400. The molecule has 68 valence electrons. The second-order valence-corrected chi connectivity index (χ2v) is 3.39. The summed E-state index contributed by atoms with van der Waals surface area (Å²) in [7, 11) is 0. The van der Waals surface area contributed by atoms with Crippen LogP contribution in [0.5, 0.6) is 0 Å². The molecule has 0 radical (unpaired) electrons. The van der Waals surface area contributed by atoms with Crippen molar-refractivity contribution in [1.29, 1.82) is 0 Å². The Morgan fingerprint density at radius 1 is 1.62 bits per heavy atom. The Hall–Kier alpha value is -1.38. The van der Waals surface area contributed by atoms with Crippen molar-refractivity contribution in [1.82, 2.24) is 4.98 Å². The lowest BCUT2D eigenvalue weighted by Gasteiger charge is -2.19. The predicted octanol–water partition coefficient (Wildman–Crippen LogP) is 1.27. The zero-order valence-corrected chi connectivity index (χ0v) is 7.23. The summed E-state index contributed by atoms with van der Waals surface area (Å²) in [5, 5.41) is 8.84. The van der Waals surface area contributed by atoms with Crippen LogP contribution in [0.1, 0.15) is 17.7 Å². The van der Waals surface area contributed by atoms with Gasteiger partial charge in [0.1, 0.15) is 0 Å². The van der Waals surface area contributed by atoms with E-state index in [4.69, 9.17) is 5.11 Å². The molecular weight excluding hydrogens is 166 g/mol. The standard InChI is InChI=1S/C10H11NO2/c12-10(13)8-3-4-9-7(6-8)2-1-5-11-9/h1-2,5,8H,3-4,6H2,(H,12,13). The molecule has 1 aliphatic rings. The van der Waals surface area contributed by atoms with Gasteiger partial charge in [-0.1, -0.05) is 6.07 Å². The largest absolute Gasteiger partial charge is 0.481 e. The molecule has 0 aromatic carbocycles. The molecule has 1 aromatic rings. The summed E-state index contributed by atoms with van der Waals surface area (Å²) in [4.78, 5) is 15.0. The van der Waals surface area contributed by atoms with Gasteiger partial charge in [-0.05, 0) is 30.9 Å². The Kier molecular flexibility index (Phi) is 2.00. The van der Waals surface area contributed by atoms with Gasteiger partial charge in [-0.15, -0.1) is 0 Å². The Balaban J connectivity index is 2.24. The minimum atomic E-state index is -0.686. The van der Waals surface area contributed by atoms with Crippen molar-refractivity contribution >= 4 is 5.97 Å². The fourth-order valence-electron chi connectivity index (χ4n) is 1.77. The number of rotatable bonds is 1. The van der Waals surface area contributed by atoms with Gasteiger partial charge in [-0.2, -0.15) is 0 Å². The number of aromatic nitrogens is 1. The van der Waals surface area contributed by atoms with Gasteiger partial charge in [0.05, 0.1) is 5.92 Å². The summed E-state index contributed by atoms with van der Waals surface area (Å²) in [6, 6.07) is 3.83. The Bertz CT molecular complexity index is 335. The fourth-order valence-corrected chi connectivity index (χ4v) is 1.77. The van der Waals surface area contributed by atoms with Crippen molar-refractivity contribution in [2.45, 2.75) is 19.3 Å². The van der Waals surface area contributed by atoms with Crippen LogP contribution in [0.4, 0.5) is 0 Å². The van der Waals surface area contributed by atoms with Crippen LogP contribution < -0.4 is 0 Å². The second kappa shape index (κ2) is 3.17. The van der Waals surface area contributed by atoms with E-state index >= 15 is 0 Å². The third kappa shape index (κ3) is 1.54. The predicted molar refractivity (Wildman–Crippen MR) is 47.4 cm³/mol. The Morgan fingerprint density at radius 3 is 3.23 bits per heavy atom. The average Bonchev–Trinajstić information content (AvgIpc) is 2.17. The molecule has 0 saturated heterocycles. The number of aliphatic carboxylic acids is 1. The molecule has 0 saturated carbocycles. The van der Waals surface area contributed by atoms with Gasteiger partial charge in [0.25, 0.3) is 0 Å². The highest BCUT2D eigenvalue weighted by Crippen LogP contribution is 2.23. The highest BCUT2D eigenvalue weighted by atomic mass is 16.4. The zero-order chi connectivity index (χ0) is 9.26. The smallest absolute Gasteiger partial charge is 0.306 e. The van der Waals surface area contributed by atoms with Crippen LogP contribution in [-0.4, -0.2) is 16.1 Å². The average molecular weight is 177 g/mol. The van der Waals surface area contributed by atoms with Crippen LogP contribution >= 0.6 is 0 Å². The van der Waals surface area contributed by atoms with Crippen molar-refractivity contribution in [2.75, 3.05) is 0 Å². The third-order valence-corrected chi connectivity index (χ3v) is 2.53. The minimum absolute atomic E-state index is 0.211. The van der Waals surface area contributed by atoms with Gasteiger partial charge in [0.15, 0.2) is 0 Å². The van der Waals surface area contributed by atoms with E-state index in [1.807, 2.05) is 12.1 Å². The number of fused-ring (bicyclic) bond motifs is 1. The molecule has 3 nitrogen and oxygen atoms in total. The van der Waals surface area contributed by atoms with E-state index in [0.717, 1.165) is 24.1 Å². The first-order chi connectivity index (χ1) is 6.27. The number of carbonyl (C=O) groups is 1. The molecule has 0 aliphatic heterocycles. The van der Waals surface area contributed by atoms with Crippen molar-refractivity contribution < 1.29 is 9.90 Å². The molecule has 1 heterocycles. The molecule has 3 heteroatoms. The monoisotopic (exact) mass is 177 g/mol. The van der Waals surface area contributed by atoms with Crippen molar-refractivity contribution in [3.63, 3.8) is 0 Å². The van der Waals surface area contributed by atoms with Crippen molar-refractivity contribution in [2.24, 2.45) is 5.92 Å². The molecule has 1 aromatic heterocycles. The van der Waals surface area contributed by atoms with Gasteiger partial charge in [-0.25, -0.2) is 0 Å². The SMILES string of the molecule is O=C(O)C1CCc2ncccc2C1. The summed E-state index contributed by atoms with van der Waals surface area (Å²) in [6.45, 7) is 0. The molecule has 1 atom stereocenters. The van der Waals surface area contributed by atoms with Crippen LogP contribution in [-0.2, 0) is 17.6 Å². The van der Waals surface area contributed by atoms with E-state index in [0.29, 0.717) is 6.42 Å². The molecule has 0 fully saturated rings. The van der Waals surface area contributed by atoms with Crippen LogP contribution in [0.3, 0.4) is 0 Å². The number of aryl methyl sites for hydroxylation is 1. The number of nitrogens with zero attached hydrogens (tertiary/aromatic N) is 1. The summed E-state index contributed by atoms with van der Waals surface area (Å²) >= 11 is 0. The molecule has 2 rings (SSSR count). The summed E-state index contributed by atoms with van der Waals surface area (Å²) in [6.07, 6.45) is 3.92. The number of hydrogen-bond donors (Lipinski definition) is 1. The highest BCUT2D eigenvalue weighted by Gasteiger charge is 2.24. The number of hydrogen-bond acceptors (Lipinski definition) is 2. The molecule has 0 spiro atoms. The first-order valence-corrected chi connectivity index (χ1v) is 4.43. The minimum Gasteiger partial charge on any atom is -0.481 e. The van der Waals surface area contributed by atoms with Gasteiger partial charge in [0.2, 0.25) is 0 Å². The molecule has 1 aliphatic carbocycles. The second-order valence-electron chi connectivity index (χ2n) is 3.39. The lowest BCUT2D eigenvalue weighted by atomic mass is 9.87. The van der Waals surface area contributed by atoms with Gasteiger partial charge >= 0.3 is 5.97 Å². The number of pyridine rings is 1. The van der Waals surface area contributed by atoms with Crippen molar-refractivity contribution in [3.05, 3.63) is 29.6 Å². The van der Waals surface area contributed by atoms with Crippen LogP contribution in [0.2, 0.25) is 0 Å². The topological polar surface area (TPSA) is 50.2 Å². The molecule has 1 N–H and O–H groups in total. The van der Waals surface area contributed by atoms with E-state index in [2.05, 4.69) is 4.98 Å². The molecule has 1 unspecified atom stereocenters. The molecule has 0 bridgehead atoms. The van der Waals surface area contributed by atoms with Crippen LogP contribution in [0.25, 0.3) is 0 Å². The highest BCUT2D eigenvalue weighted by molar-refractivity contribution is 5.70. The maximum Gasteiger partial charge on any atom is 0.306 e. The molecule has 13 heavy (non-hydrogen) atoms. The first kappa shape index (κ1) is 8.23. The van der Waals surface area contributed by atoms with E-state index in [1.54, 1.807) is 6.20 Å². The molecule has 0 amide bonds. The summed E-state index contributed by atoms with van der Waals surface area (Å²) in [5.41, 5.74) is 2.17. The van der Waals surface area contributed by atoms with Gasteiger partial charge < -0.3 is 5.11 Å². The summed E-state index contributed by atoms with van der Waals surface area (Å²) < 4.78 is 0.